The molecule has 0 aliphatic carbocycles. The zero-order chi connectivity index (χ0) is 26.0. The van der Waals surface area contributed by atoms with E-state index in [9.17, 15) is 19.3 Å². The number of nitrogens with zero attached hydrogens (tertiary/aromatic N) is 5. The number of nitro groups is 1. The van der Waals surface area contributed by atoms with Gasteiger partial charge in [-0.1, -0.05) is 18.2 Å². The Labute approximate surface area is 206 Å². The van der Waals surface area contributed by atoms with Gasteiger partial charge in [0.1, 0.15) is 17.1 Å². The Hall–Kier alpha value is -4.80. The van der Waals surface area contributed by atoms with Gasteiger partial charge in [0.25, 0.3) is 5.69 Å². The summed E-state index contributed by atoms with van der Waals surface area (Å²) in [6, 6.07) is 9.87. The maximum absolute atomic E-state index is 15.0. The number of rotatable bonds is 8. The monoisotopic (exact) mass is 490 g/mol. The van der Waals surface area contributed by atoms with E-state index in [-0.39, 0.29) is 23.0 Å². The average molecular weight is 490 g/mol. The summed E-state index contributed by atoms with van der Waals surface area (Å²) in [5.74, 6) is -0.319. The van der Waals surface area contributed by atoms with Gasteiger partial charge < -0.3 is 19.5 Å². The molecule has 0 aliphatic rings. The highest BCUT2D eigenvalue weighted by molar-refractivity contribution is 5.79. The van der Waals surface area contributed by atoms with Crippen LogP contribution in [0.2, 0.25) is 0 Å². The Kier molecular flexibility index (Phi) is 6.64. The van der Waals surface area contributed by atoms with Crippen LogP contribution in [0.1, 0.15) is 15.9 Å². The van der Waals surface area contributed by atoms with Gasteiger partial charge in [0, 0.05) is 49.7 Å². The lowest BCUT2D eigenvalue weighted by Crippen LogP contribution is -2.12. The number of hydrogen-bond donors (Lipinski definition) is 1. The first-order valence-electron chi connectivity index (χ1n) is 10.8. The topological polar surface area (TPSA) is 115 Å². The molecular formula is C25H23FN6O4. The highest BCUT2D eigenvalue weighted by atomic mass is 19.1. The van der Waals surface area contributed by atoms with Crippen molar-refractivity contribution in [2.45, 2.75) is 6.92 Å². The molecule has 0 radical (unpaired) electrons. The number of carbonyl (C=O) groups excluding carboxylic acids is 1. The van der Waals surface area contributed by atoms with Gasteiger partial charge in [0.05, 0.1) is 29.6 Å². The standard InChI is InChI=1S/C25H23FN6O4/c1-15-12-31(13-16(15)14-33)20-8-6-5-7-17(20)24-18(26)11-27-25(29-24)28-19-9-22(32(34)35)21(30(2)3)10-23(19)36-4/h5-14H,1-4H3,(H,27,28,29). The van der Waals surface area contributed by atoms with E-state index < -0.39 is 10.7 Å². The van der Waals surface area contributed by atoms with Crippen LogP contribution in [0.15, 0.2) is 55.0 Å². The second-order valence-electron chi connectivity index (χ2n) is 8.15. The van der Waals surface area contributed by atoms with Crippen molar-refractivity contribution in [1.82, 2.24) is 14.5 Å². The summed E-state index contributed by atoms with van der Waals surface area (Å²) in [5.41, 5.74) is 2.84. The van der Waals surface area contributed by atoms with Gasteiger partial charge in [-0.3, -0.25) is 14.9 Å². The average Bonchev–Trinajstić information content (AvgIpc) is 3.25. The summed E-state index contributed by atoms with van der Waals surface area (Å²) < 4.78 is 22.1. The molecule has 2 aromatic heterocycles. The van der Waals surface area contributed by atoms with Crippen LogP contribution in [0, 0.1) is 22.9 Å². The van der Waals surface area contributed by atoms with Gasteiger partial charge in [-0.25, -0.2) is 14.4 Å². The van der Waals surface area contributed by atoms with E-state index in [0.29, 0.717) is 28.3 Å². The van der Waals surface area contributed by atoms with Crippen LogP contribution >= 0.6 is 0 Å². The van der Waals surface area contributed by atoms with E-state index >= 15 is 0 Å². The zero-order valence-corrected chi connectivity index (χ0v) is 20.0. The van der Waals surface area contributed by atoms with Gasteiger partial charge in [-0.05, 0) is 18.6 Å². The van der Waals surface area contributed by atoms with Gasteiger partial charge in [0.2, 0.25) is 5.95 Å². The van der Waals surface area contributed by atoms with Gasteiger partial charge in [0.15, 0.2) is 12.1 Å². The molecule has 2 heterocycles. The molecule has 0 bridgehead atoms. The van der Waals surface area contributed by atoms with Crippen molar-refractivity contribution in [3.8, 4) is 22.7 Å². The van der Waals surface area contributed by atoms with Gasteiger partial charge >= 0.3 is 0 Å². The van der Waals surface area contributed by atoms with Crippen LogP contribution in [-0.2, 0) is 0 Å². The van der Waals surface area contributed by atoms with Crippen molar-refractivity contribution in [2.75, 3.05) is 31.4 Å². The van der Waals surface area contributed by atoms with E-state index in [1.807, 2.05) is 6.92 Å². The minimum atomic E-state index is -0.659. The van der Waals surface area contributed by atoms with Crippen LogP contribution < -0.4 is 15.0 Å². The number of aryl methyl sites for hydroxylation is 1. The smallest absolute Gasteiger partial charge is 0.294 e. The minimum Gasteiger partial charge on any atom is -0.494 e. The lowest BCUT2D eigenvalue weighted by atomic mass is 10.1. The summed E-state index contributed by atoms with van der Waals surface area (Å²) in [7, 11) is 4.81. The number of para-hydroxylation sites is 1. The predicted molar refractivity (Wildman–Crippen MR) is 134 cm³/mol. The molecule has 36 heavy (non-hydrogen) atoms. The zero-order valence-electron chi connectivity index (χ0n) is 20.0. The number of benzene rings is 2. The molecule has 184 valence electrons. The normalized spacial score (nSPS) is 10.7. The van der Waals surface area contributed by atoms with Crippen molar-refractivity contribution < 1.29 is 18.8 Å². The molecule has 1 N–H and O–H groups in total. The maximum Gasteiger partial charge on any atom is 0.294 e. The van der Waals surface area contributed by atoms with E-state index in [1.165, 1.54) is 19.2 Å². The fourth-order valence-corrected chi connectivity index (χ4v) is 3.80. The summed E-state index contributed by atoms with van der Waals surface area (Å²) in [6.07, 6.45) is 5.22. The lowest BCUT2D eigenvalue weighted by molar-refractivity contribution is -0.384. The second kappa shape index (κ2) is 9.82. The molecule has 0 aliphatic heterocycles. The van der Waals surface area contributed by atoms with Gasteiger partial charge in [-0.15, -0.1) is 0 Å². The first-order chi connectivity index (χ1) is 17.2. The summed E-state index contributed by atoms with van der Waals surface area (Å²) >= 11 is 0. The van der Waals surface area contributed by atoms with E-state index in [2.05, 4.69) is 15.3 Å². The van der Waals surface area contributed by atoms with Crippen molar-refractivity contribution in [1.29, 1.82) is 0 Å². The van der Waals surface area contributed by atoms with E-state index in [1.54, 1.807) is 60.2 Å². The van der Waals surface area contributed by atoms with Gasteiger partial charge in [-0.2, -0.15) is 0 Å². The Bertz CT molecular complexity index is 1470. The minimum absolute atomic E-state index is 0.0143. The largest absolute Gasteiger partial charge is 0.494 e. The maximum atomic E-state index is 15.0. The molecule has 10 nitrogen and oxygen atoms in total. The third-order valence-electron chi connectivity index (χ3n) is 5.60. The molecule has 4 rings (SSSR count). The molecule has 0 unspecified atom stereocenters. The first kappa shape index (κ1) is 24.3. The molecule has 0 saturated heterocycles. The predicted octanol–water partition coefficient (Wildman–Crippen LogP) is 4.92. The molecule has 11 heteroatoms. The number of carbonyl (C=O) groups is 1. The molecule has 0 atom stereocenters. The quantitative estimate of drug-likeness (QED) is 0.210. The Morgan fingerprint density at radius 3 is 2.61 bits per heavy atom. The van der Waals surface area contributed by atoms with Crippen LogP contribution in [0.5, 0.6) is 5.75 Å². The highest BCUT2D eigenvalue weighted by Gasteiger charge is 2.22. The molecule has 0 amide bonds. The SMILES string of the molecule is COc1cc(N(C)C)c([N+](=O)[O-])cc1Nc1ncc(F)c(-c2ccccc2-n2cc(C)c(C=O)c2)n1. The number of nitro benzene ring substituents is 1. The third kappa shape index (κ3) is 4.58. The molecule has 2 aromatic carbocycles. The van der Waals surface area contributed by atoms with Crippen LogP contribution in [0.4, 0.5) is 27.4 Å². The Morgan fingerprint density at radius 1 is 1.22 bits per heavy atom. The van der Waals surface area contributed by atoms with E-state index in [4.69, 9.17) is 4.74 Å². The Balaban J connectivity index is 1.79. The number of ether oxygens (including phenoxy) is 1. The number of anilines is 3. The first-order valence-corrected chi connectivity index (χ1v) is 10.8. The highest BCUT2D eigenvalue weighted by Crippen LogP contribution is 2.39. The number of methoxy groups -OCH3 is 1. The third-order valence-corrected chi connectivity index (χ3v) is 5.60. The van der Waals surface area contributed by atoms with Crippen molar-refractivity contribution in [2.24, 2.45) is 0 Å². The summed E-state index contributed by atoms with van der Waals surface area (Å²) in [4.78, 5) is 32.4. The molecule has 0 spiro atoms. The number of hydrogen-bond acceptors (Lipinski definition) is 8. The van der Waals surface area contributed by atoms with E-state index in [0.717, 1.165) is 18.0 Å². The fraction of sp³-hybridized carbons (Fsp3) is 0.160. The Morgan fingerprint density at radius 2 is 1.97 bits per heavy atom. The summed E-state index contributed by atoms with van der Waals surface area (Å²) in [5, 5.41) is 14.6. The van der Waals surface area contributed by atoms with Crippen molar-refractivity contribution in [3.63, 3.8) is 0 Å². The number of aldehydes is 1. The molecule has 4 aromatic rings. The second-order valence-corrected chi connectivity index (χ2v) is 8.15. The lowest BCUT2D eigenvalue weighted by Gasteiger charge is -2.17. The van der Waals surface area contributed by atoms with Crippen molar-refractivity contribution in [3.05, 3.63) is 82.0 Å². The molecular weight excluding hydrogens is 467 g/mol. The molecule has 0 fully saturated rings. The molecule has 0 saturated carbocycles. The number of aromatic nitrogens is 3. The van der Waals surface area contributed by atoms with Crippen LogP contribution in [0.25, 0.3) is 16.9 Å². The summed E-state index contributed by atoms with van der Waals surface area (Å²) in [6.45, 7) is 1.81. The fourth-order valence-electron chi connectivity index (χ4n) is 3.80. The van der Waals surface area contributed by atoms with Crippen LogP contribution in [-0.4, -0.2) is 46.9 Å². The number of nitrogens with one attached hydrogen (secondary N) is 1. The van der Waals surface area contributed by atoms with Crippen LogP contribution in [0.3, 0.4) is 0 Å². The number of halogens is 1. The van der Waals surface area contributed by atoms with Crippen molar-refractivity contribution >= 4 is 29.3 Å².